The van der Waals surface area contributed by atoms with E-state index < -0.39 is 11.7 Å². The summed E-state index contributed by atoms with van der Waals surface area (Å²) < 4.78 is 38.6. The van der Waals surface area contributed by atoms with Gasteiger partial charge in [-0.3, -0.25) is 4.79 Å². The monoisotopic (exact) mass is 340 g/mol. The van der Waals surface area contributed by atoms with Gasteiger partial charge in [0.2, 0.25) is 0 Å². The van der Waals surface area contributed by atoms with E-state index in [1.807, 2.05) is 0 Å². The molecule has 1 aliphatic rings. The highest BCUT2D eigenvalue weighted by Gasteiger charge is 2.31. The standard InChI is InChI=1S/C16H15F3N2OS/c1-9-4-10(16(17,18)19)6-11(5-9)21-15(22)13-8-23-14-7-20-3-2-12(13)14/h4-6,8,20H,2-3,7H2,1H3,(H,21,22). The van der Waals surface area contributed by atoms with Crippen molar-refractivity contribution in [3.05, 3.63) is 50.7 Å². The lowest BCUT2D eigenvalue weighted by Gasteiger charge is -2.15. The van der Waals surface area contributed by atoms with Gasteiger partial charge in [-0.2, -0.15) is 13.2 Å². The predicted molar refractivity (Wildman–Crippen MR) is 83.9 cm³/mol. The van der Waals surface area contributed by atoms with Crippen molar-refractivity contribution in [3.8, 4) is 0 Å². The molecule has 1 aromatic heterocycles. The van der Waals surface area contributed by atoms with Crippen LogP contribution in [0.5, 0.6) is 0 Å². The molecule has 0 saturated carbocycles. The molecule has 0 bridgehead atoms. The normalized spacial score (nSPS) is 14.4. The van der Waals surface area contributed by atoms with Crippen molar-refractivity contribution in [1.29, 1.82) is 0 Å². The number of halogens is 3. The molecular formula is C16H15F3N2OS. The highest BCUT2D eigenvalue weighted by Crippen LogP contribution is 2.32. The zero-order chi connectivity index (χ0) is 16.6. The van der Waals surface area contributed by atoms with E-state index in [0.717, 1.165) is 42.1 Å². The van der Waals surface area contributed by atoms with Gasteiger partial charge in [0.05, 0.1) is 11.1 Å². The van der Waals surface area contributed by atoms with Gasteiger partial charge in [0, 0.05) is 22.5 Å². The van der Waals surface area contributed by atoms with Gasteiger partial charge in [-0.05, 0) is 49.2 Å². The van der Waals surface area contributed by atoms with Gasteiger partial charge in [0.25, 0.3) is 5.91 Å². The summed E-state index contributed by atoms with van der Waals surface area (Å²) >= 11 is 1.50. The van der Waals surface area contributed by atoms with E-state index in [1.54, 1.807) is 12.3 Å². The van der Waals surface area contributed by atoms with Gasteiger partial charge < -0.3 is 10.6 Å². The molecule has 1 aliphatic heterocycles. The molecule has 2 aromatic rings. The summed E-state index contributed by atoms with van der Waals surface area (Å²) in [6.07, 6.45) is -3.68. The van der Waals surface area contributed by atoms with E-state index in [-0.39, 0.29) is 11.6 Å². The van der Waals surface area contributed by atoms with Crippen LogP contribution >= 0.6 is 11.3 Å². The third-order valence-electron chi connectivity index (χ3n) is 3.73. The van der Waals surface area contributed by atoms with E-state index in [0.29, 0.717) is 11.1 Å². The molecule has 2 N–H and O–H groups in total. The minimum absolute atomic E-state index is 0.163. The minimum atomic E-state index is -4.43. The predicted octanol–water partition coefficient (Wildman–Crippen LogP) is 3.97. The molecule has 0 fully saturated rings. The number of carbonyl (C=O) groups is 1. The van der Waals surface area contributed by atoms with Crippen molar-refractivity contribution < 1.29 is 18.0 Å². The number of nitrogens with one attached hydrogen (secondary N) is 2. The number of hydrogen-bond acceptors (Lipinski definition) is 3. The highest BCUT2D eigenvalue weighted by atomic mass is 32.1. The fraction of sp³-hybridized carbons (Fsp3) is 0.312. The quantitative estimate of drug-likeness (QED) is 0.868. The second kappa shape index (κ2) is 5.98. The number of benzene rings is 1. The maximum absolute atomic E-state index is 12.9. The van der Waals surface area contributed by atoms with Crippen molar-refractivity contribution in [2.75, 3.05) is 11.9 Å². The molecule has 122 valence electrons. The Bertz CT molecular complexity index is 752. The lowest BCUT2D eigenvalue weighted by Crippen LogP contribution is -2.24. The van der Waals surface area contributed by atoms with Crippen LogP contribution in [-0.4, -0.2) is 12.5 Å². The van der Waals surface area contributed by atoms with E-state index in [4.69, 9.17) is 0 Å². The first-order chi connectivity index (χ1) is 10.8. The molecular weight excluding hydrogens is 325 g/mol. The Balaban J connectivity index is 1.86. The minimum Gasteiger partial charge on any atom is -0.322 e. The van der Waals surface area contributed by atoms with Crippen LogP contribution in [0.25, 0.3) is 0 Å². The first-order valence-corrected chi connectivity index (χ1v) is 8.03. The number of aryl methyl sites for hydroxylation is 1. The van der Waals surface area contributed by atoms with E-state index in [9.17, 15) is 18.0 Å². The van der Waals surface area contributed by atoms with E-state index >= 15 is 0 Å². The Morgan fingerprint density at radius 2 is 2.09 bits per heavy atom. The Kier molecular flexibility index (Phi) is 4.16. The molecule has 3 nitrogen and oxygen atoms in total. The van der Waals surface area contributed by atoms with Gasteiger partial charge in [-0.25, -0.2) is 0 Å². The van der Waals surface area contributed by atoms with Crippen molar-refractivity contribution in [2.45, 2.75) is 26.1 Å². The molecule has 2 heterocycles. The van der Waals surface area contributed by atoms with Crippen LogP contribution in [0.3, 0.4) is 0 Å². The average Bonchev–Trinajstić information content (AvgIpc) is 2.89. The molecule has 1 aromatic carbocycles. The number of rotatable bonds is 2. The molecule has 0 atom stereocenters. The molecule has 0 saturated heterocycles. The molecule has 3 rings (SSSR count). The van der Waals surface area contributed by atoms with Crippen LogP contribution in [0.1, 0.15) is 31.9 Å². The lowest BCUT2D eigenvalue weighted by molar-refractivity contribution is -0.137. The first-order valence-electron chi connectivity index (χ1n) is 7.15. The zero-order valence-corrected chi connectivity index (χ0v) is 13.2. The largest absolute Gasteiger partial charge is 0.416 e. The van der Waals surface area contributed by atoms with Gasteiger partial charge in [0.1, 0.15) is 0 Å². The fourth-order valence-electron chi connectivity index (χ4n) is 2.67. The van der Waals surface area contributed by atoms with Crippen molar-refractivity contribution in [2.24, 2.45) is 0 Å². The summed E-state index contributed by atoms with van der Waals surface area (Å²) in [7, 11) is 0. The Morgan fingerprint density at radius 1 is 1.30 bits per heavy atom. The topological polar surface area (TPSA) is 41.1 Å². The molecule has 0 unspecified atom stereocenters. The third-order valence-corrected chi connectivity index (χ3v) is 4.75. The Morgan fingerprint density at radius 3 is 2.83 bits per heavy atom. The van der Waals surface area contributed by atoms with Crippen LogP contribution in [0.2, 0.25) is 0 Å². The number of anilines is 1. The summed E-state index contributed by atoms with van der Waals surface area (Å²) in [5.74, 6) is -0.358. The first kappa shape index (κ1) is 16.0. The van der Waals surface area contributed by atoms with Gasteiger partial charge in [-0.15, -0.1) is 11.3 Å². The maximum Gasteiger partial charge on any atom is 0.416 e. The summed E-state index contributed by atoms with van der Waals surface area (Å²) in [4.78, 5) is 13.5. The van der Waals surface area contributed by atoms with Crippen LogP contribution < -0.4 is 10.6 Å². The van der Waals surface area contributed by atoms with Crippen LogP contribution in [0.15, 0.2) is 23.6 Å². The van der Waals surface area contributed by atoms with Crippen molar-refractivity contribution >= 4 is 22.9 Å². The van der Waals surface area contributed by atoms with Crippen molar-refractivity contribution in [3.63, 3.8) is 0 Å². The van der Waals surface area contributed by atoms with Gasteiger partial charge in [-0.1, -0.05) is 0 Å². The molecule has 0 spiro atoms. The van der Waals surface area contributed by atoms with Crippen molar-refractivity contribution in [1.82, 2.24) is 5.32 Å². The van der Waals surface area contributed by atoms with Gasteiger partial charge in [0.15, 0.2) is 0 Å². The van der Waals surface area contributed by atoms with E-state index in [1.165, 1.54) is 17.4 Å². The summed E-state index contributed by atoms with van der Waals surface area (Å²) in [6.45, 7) is 3.10. The van der Waals surface area contributed by atoms with Crippen LogP contribution in [-0.2, 0) is 19.1 Å². The molecule has 7 heteroatoms. The second-order valence-corrected chi connectivity index (χ2v) is 6.48. The molecule has 1 amide bonds. The van der Waals surface area contributed by atoms with Crippen LogP contribution in [0.4, 0.5) is 18.9 Å². The lowest BCUT2D eigenvalue weighted by atomic mass is 10.0. The average molecular weight is 340 g/mol. The summed E-state index contributed by atoms with van der Waals surface area (Å²) in [6, 6.07) is 3.56. The van der Waals surface area contributed by atoms with E-state index in [2.05, 4.69) is 10.6 Å². The fourth-order valence-corrected chi connectivity index (χ4v) is 3.72. The number of carbonyl (C=O) groups excluding carboxylic acids is 1. The molecule has 23 heavy (non-hydrogen) atoms. The van der Waals surface area contributed by atoms with Crippen LogP contribution in [0, 0.1) is 6.92 Å². The molecule has 0 aliphatic carbocycles. The third kappa shape index (κ3) is 3.40. The number of amides is 1. The Labute approximate surface area is 135 Å². The number of alkyl halides is 3. The number of fused-ring (bicyclic) bond motifs is 1. The maximum atomic E-state index is 12.9. The Hall–Kier alpha value is -1.86. The highest BCUT2D eigenvalue weighted by molar-refractivity contribution is 7.10. The number of hydrogen-bond donors (Lipinski definition) is 2. The molecule has 0 radical (unpaired) electrons. The summed E-state index contributed by atoms with van der Waals surface area (Å²) in [5.41, 5.74) is 1.41. The zero-order valence-electron chi connectivity index (χ0n) is 12.4. The summed E-state index contributed by atoms with van der Waals surface area (Å²) in [5, 5.41) is 7.59. The van der Waals surface area contributed by atoms with Gasteiger partial charge >= 0.3 is 6.18 Å². The number of thiophene rings is 1. The second-order valence-electron chi connectivity index (χ2n) is 5.52. The SMILES string of the molecule is Cc1cc(NC(=O)c2csc3c2CCNC3)cc(C(F)(F)F)c1. The smallest absolute Gasteiger partial charge is 0.322 e.